The van der Waals surface area contributed by atoms with Gasteiger partial charge in [0.25, 0.3) is 0 Å². The molecule has 0 amide bonds. The van der Waals surface area contributed by atoms with E-state index in [1.165, 1.54) is 0 Å². The summed E-state index contributed by atoms with van der Waals surface area (Å²) >= 11 is 0. The number of hydrogen-bond acceptors (Lipinski definition) is 1. The Morgan fingerprint density at radius 2 is 1.43 bits per heavy atom. The zero-order valence-electron chi connectivity index (χ0n) is 3.50. The fourth-order valence-electron chi connectivity index (χ4n) is 0. The molecule has 0 radical (unpaired) electrons. The molecule has 5 heteroatoms. The second-order valence-electron chi connectivity index (χ2n) is 0.773. The third kappa shape index (κ3) is 10.7. The molecule has 1 N–H and O–H groups in total. The van der Waals surface area contributed by atoms with Gasteiger partial charge in [-0.2, -0.15) is 13.2 Å². The number of hydrogen-bond donors (Lipinski definition) is 1. The van der Waals surface area contributed by atoms with Crippen molar-refractivity contribution in [1.29, 1.82) is 0 Å². The molecule has 0 aliphatic carbocycles. The van der Waals surface area contributed by atoms with E-state index in [0.29, 0.717) is 0 Å². The third-order valence-electron chi connectivity index (χ3n) is 0.179. The predicted molar refractivity (Wildman–Crippen MR) is 13.1 cm³/mol. The van der Waals surface area contributed by atoms with Gasteiger partial charge in [-0.25, -0.2) is 0 Å². The van der Waals surface area contributed by atoms with Crippen LogP contribution in [0.25, 0.3) is 0 Å². The SMILES string of the molecule is OCC(F)(F)F.[Zn]. The first-order valence-electron chi connectivity index (χ1n) is 1.24. The van der Waals surface area contributed by atoms with Crippen molar-refractivity contribution in [3.8, 4) is 0 Å². The van der Waals surface area contributed by atoms with Crippen LogP contribution < -0.4 is 0 Å². The molecule has 0 unspecified atom stereocenters. The van der Waals surface area contributed by atoms with Gasteiger partial charge in [0.1, 0.15) is 6.61 Å². The molecule has 0 atom stereocenters. The molecular formula is C2H3F3OZn. The molecule has 0 aromatic carbocycles. The molecule has 0 fully saturated rings. The largest absolute Gasteiger partial charge is 0.411 e. The summed E-state index contributed by atoms with van der Waals surface area (Å²) in [6.07, 6.45) is -4.40. The zero-order chi connectivity index (χ0) is 5.21. The van der Waals surface area contributed by atoms with E-state index in [-0.39, 0.29) is 19.5 Å². The fraction of sp³-hybridized carbons (Fsp3) is 1.00. The second-order valence-corrected chi connectivity index (χ2v) is 0.773. The maximum Gasteiger partial charge on any atom is 0.411 e. The number of halogens is 3. The molecule has 0 aliphatic heterocycles. The van der Waals surface area contributed by atoms with Crippen molar-refractivity contribution in [3.63, 3.8) is 0 Å². The summed E-state index contributed by atoms with van der Waals surface area (Å²) in [4.78, 5) is 0. The van der Waals surface area contributed by atoms with Gasteiger partial charge in [-0.1, -0.05) is 0 Å². The van der Waals surface area contributed by atoms with Crippen LogP contribution in [0.3, 0.4) is 0 Å². The van der Waals surface area contributed by atoms with Crippen LogP contribution in [-0.2, 0) is 19.5 Å². The average molecular weight is 165 g/mol. The number of alkyl halides is 3. The summed E-state index contributed by atoms with van der Waals surface area (Å²) < 4.78 is 31.6. The minimum Gasteiger partial charge on any atom is -0.387 e. The molecule has 0 aromatic heterocycles. The monoisotopic (exact) mass is 164 g/mol. The maximum atomic E-state index is 10.5. The van der Waals surface area contributed by atoms with Gasteiger partial charge in [0, 0.05) is 19.5 Å². The molecule has 7 heavy (non-hydrogen) atoms. The van der Waals surface area contributed by atoms with Crippen LogP contribution in [0, 0.1) is 0 Å². The molecule has 0 saturated carbocycles. The van der Waals surface area contributed by atoms with Crippen LogP contribution in [0.1, 0.15) is 0 Å². The van der Waals surface area contributed by atoms with Crippen molar-refractivity contribution in [2.45, 2.75) is 6.18 Å². The topological polar surface area (TPSA) is 20.2 Å². The zero-order valence-corrected chi connectivity index (χ0v) is 6.46. The summed E-state index contributed by atoms with van der Waals surface area (Å²) in [6.45, 7) is -1.73. The van der Waals surface area contributed by atoms with Crippen LogP contribution in [0.5, 0.6) is 0 Å². The van der Waals surface area contributed by atoms with Gasteiger partial charge in [0.15, 0.2) is 0 Å². The van der Waals surface area contributed by atoms with Crippen LogP contribution in [0.15, 0.2) is 0 Å². The van der Waals surface area contributed by atoms with Gasteiger partial charge in [0.05, 0.1) is 0 Å². The van der Waals surface area contributed by atoms with Gasteiger partial charge in [0.2, 0.25) is 0 Å². The van der Waals surface area contributed by atoms with E-state index >= 15 is 0 Å². The summed E-state index contributed by atoms with van der Waals surface area (Å²) in [5.41, 5.74) is 0. The average Bonchev–Trinajstić information content (AvgIpc) is 1.35. The van der Waals surface area contributed by atoms with Crippen LogP contribution in [0.4, 0.5) is 13.2 Å². The minimum atomic E-state index is -4.40. The van der Waals surface area contributed by atoms with Crippen LogP contribution in [0.2, 0.25) is 0 Å². The van der Waals surface area contributed by atoms with Crippen LogP contribution in [-0.4, -0.2) is 17.9 Å². The van der Waals surface area contributed by atoms with Gasteiger partial charge in [-0.3, -0.25) is 0 Å². The van der Waals surface area contributed by atoms with E-state index in [9.17, 15) is 13.2 Å². The van der Waals surface area contributed by atoms with Gasteiger partial charge in [-0.15, -0.1) is 0 Å². The quantitative estimate of drug-likeness (QED) is 0.520. The molecule has 0 aliphatic rings. The first-order valence-corrected chi connectivity index (χ1v) is 1.24. The van der Waals surface area contributed by atoms with E-state index in [1.807, 2.05) is 0 Å². The molecular weight excluding hydrogens is 162 g/mol. The standard InChI is InChI=1S/C2H3F3O.Zn/c3-2(4,5)1-6;/h6H,1H2;. The van der Waals surface area contributed by atoms with Crippen molar-refractivity contribution in [3.05, 3.63) is 0 Å². The Morgan fingerprint density at radius 3 is 1.43 bits per heavy atom. The molecule has 0 bridgehead atoms. The van der Waals surface area contributed by atoms with E-state index in [2.05, 4.69) is 0 Å². The Balaban J connectivity index is 0. The van der Waals surface area contributed by atoms with E-state index in [1.54, 1.807) is 0 Å². The molecule has 40 valence electrons. The van der Waals surface area contributed by atoms with E-state index in [0.717, 1.165) is 0 Å². The Bertz CT molecular complexity index is 42.7. The summed E-state index contributed by atoms with van der Waals surface area (Å²) in [6, 6.07) is 0. The number of aliphatic hydroxyl groups excluding tert-OH is 1. The Morgan fingerprint density at radius 1 is 1.29 bits per heavy atom. The predicted octanol–water partition coefficient (Wildman–Crippen LogP) is 0.539. The molecule has 0 heterocycles. The Hall–Kier alpha value is 0.373. The summed E-state index contributed by atoms with van der Waals surface area (Å²) in [5.74, 6) is 0. The normalized spacial score (nSPS) is 10.3. The van der Waals surface area contributed by atoms with Gasteiger partial charge < -0.3 is 5.11 Å². The van der Waals surface area contributed by atoms with Crippen molar-refractivity contribution in [1.82, 2.24) is 0 Å². The smallest absolute Gasteiger partial charge is 0.387 e. The van der Waals surface area contributed by atoms with Crippen LogP contribution >= 0.6 is 0 Å². The fourth-order valence-corrected chi connectivity index (χ4v) is 0. The van der Waals surface area contributed by atoms with Crippen molar-refractivity contribution in [2.75, 3.05) is 6.61 Å². The maximum absolute atomic E-state index is 10.5. The molecule has 0 spiro atoms. The number of aliphatic hydroxyl groups is 1. The molecule has 1 nitrogen and oxygen atoms in total. The number of rotatable bonds is 0. The van der Waals surface area contributed by atoms with Gasteiger partial charge in [-0.05, 0) is 0 Å². The first kappa shape index (κ1) is 10.4. The summed E-state index contributed by atoms with van der Waals surface area (Å²) in [5, 5.41) is 7.28. The van der Waals surface area contributed by atoms with E-state index < -0.39 is 12.8 Å². The third-order valence-corrected chi connectivity index (χ3v) is 0.179. The van der Waals surface area contributed by atoms with Crippen molar-refractivity contribution < 1.29 is 37.8 Å². The van der Waals surface area contributed by atoms with Crippen molar-refractivity contribution >= 4 is 0 Å². The summed E-state index contributed by atoms with van der Waals surface area (Å²) in [7, 11) is 0. The molecule has 0 rings (SSSR count). The first-order chi connectivity index (χ1) is 2.56. The van der Waals surface area contributed by atoms with E-state index in [4.69, 9.17) is 5.11 Å². The van der Waals surface area contributed by atoms with Gasteiger partial charge >= 0.3 is 6.18 Å². The Labute approximate surface area is 51.3 Å². The minimum absolute atomic E-state index is 0. The second kappa shape index (κ2) is 3.38. The Kier molecular flexibility index (Phi) is 5.02. The molecule has 0 aromatic rings. The molecule has 0 saturated heterocycles. The van der Waals surface area contributed by atoms with Crippen molar-refractivity contribution in [2.24, 2.45) is 0 Å².